The largest absolute Gasteiger partial charge is 0.350 e. The molecule has 1 heterocycles. The first-order chi connectivity index (χ1) is 7.38. The summed E-state index contributed by atoms with van der Waals surface area (Å²) in [4.78, 5) is 11.8. The number of aromatic nitrogens is 1. The fourth-order valence-electron chi connectivity index (χ4n) is 1.35. The van der Waals surface area contributed by atoms with Crippen molar-refractivity contribution >= 4 is 5.91 Å². The second kappa shape index (κ2) is 4.70. The highest BCUT2D eigenvalue weighted by atomic mass is 16.2. The van der Waals surface area contributed by atoms with E-state index < -0.39 is 5.41 Å². The highest BCUT2D eigenvalue weighted by molar-refractivity contribution is 5.81. The van der Waals surface area contributed by atoms with Crippen LogP contribution in [0, 0.1) is 12.3 Å². The van der Waals surface area contributed by atoms with E-state index in [9.17, 15) is 4.79 Å². The lowest BCUT2D eigenvalue weighted by atomic mass is 9.93. The van der Waals surface area contributed by atoms with E-state index in [0.717, 1.165) is 5.69 Å². The van der Waals surface area contributed by atoms with Gasteiger partial charge < -0.3 is 15.6 Å². The maximum absolute atomic E-state index is 11.8. The van der Waals surface area contributed by atoms with Gasteiger partial charge in [-0.15, -0.1) is 0 Å². The molecule has 0 aliphatic rings. The first-order valence-corrected chi connectivity index (χ1v) is 5.48. The van der Waals surface area contributed by atoms with Crippen molar-refractivity contribution in [3.8, 4) is 0 Å². The number of nitrogens with two attached hydrogens (primary N) is 1. The molecule has 0 aromatic carbocycles. The maximum Gasteiger partial charge on any atom is 0.227 e. The number of amides is 1. The summed E-state index contributed by atoms with van der Waals surface area (Å²) in [5, 5.41) is 2.90. The molecule has 0 aliphatic heterocycles. The van der Waals surface area contributed by atoms with E-state index in [0.29, 0.717) is 13.1 Å². The van der Waals surface area contributed by atoms with Gasteiger partial charge in [0.05, 0.1) is 12.0 Å². The molecule has 0 saturated heterocycles. The van der Waals surface area contributed by atoms with Crippen molar-refractivity contribution in [3.63, 3.8) is 0 Å². The number of rotatable bonds is 4. The molecular formula is C12H21N3O. The molecule has 0 bridgehead atoms. The van der Waals surface area contributed by atoms with Gasteiger partial charge in [-0.05, 0) is 32.9 Å². The van der Waals surface area contributed by atoms with Crippen LogP contribution in [0.5, 0.6) is 0 Å². The average Bonchev–Trinajstić information content (AvgIpc) is 2.56. The SMILES string of the molecule is Cc1ccc(CNC(=O)C(C)(C)CN)n1C. The highest BCUT2D eigenvalue weighted by Gasteiger charge is 2.25. The summed E-state index contributed by atoms with van der Waals surface area (Å²) in [5.74, 6) is -0.00569. The first kappa shape index (κ1) is 12.8. The Morgan fingerprint density at radius 2 is 2.12 bits per heavy atom. The molecule has 0 fully saturated rings. The minimum Gasteiger partial charge on any atom is -0.350 e. The van der Waals surface area contributed by atoms with Crippen molar-refractivity contribution in [2.24, 2.45) is 18.2 Å². The van der Waals surface area contributed by atoms with Gasteiger partial charge in [-0.25, -0.2) is 0 Å². The topological polar surface area (TPSA) is 60.1 Å². The van der Waals surface area contributed by atoms with Gasteiger partial charge in [-0.2, -0.15) is 0 Å². The van der Waals surface area contributed by atoms with Crippen LogP contribution in [0.4, 0.5) is 0 Å². The molecule has 1 aromatic heterocycles. The van der Waals surface area contributed by atoms with E-state index in [2.05, 4.69) is 9.88 Å². The molecule has 4 nitrogen and oxygen atoms in total. The zero-order valence-corrected chi connectivity index (χ0v) is 10.5. The Morgan fingerprint density at radius 1 is 1.50 bits per heavy atom. The van der Waals surface area contributed by atoms with Gasteiger partial charge in [0.1, 0.15) is 0 Å². The molecule has 0 aliphatic carbocycles. The monoisotopic (exact) mass is 223 g/mol. The number of nitrogens with one attached hydrogen (secondary N) is 1. The Kier molecular flexibility index (Phi) is 3.75. The predicted octanol–water partition coefficient (Wildman–Crippen LogP) is 0.935. The molecule has 1 aromatic rings. The van der Waals surface area contributed by atoms with Crippen LogP contribution in [0.3, 0.4) is 0 Å². The van der Waals surface area contributed by atoms with Crippen molar-refractivity contribution in [2.45, 2.75) is 27.3 Å². The summed E-state index contributed by atoms with van der Waals surface area (Å²) < 4.78 is 2.07. The zero-order chi connectivity index (χ0) is 12.3. The quantitative estimate of drug-likeness (QED) is 0.798. The molecule has 0 atom stereocenters. The number of carbonyl (C=O) groups excluding carboxylic acids is 1. The molecule has 4 heteroatoms. The van der Waals surface area contributed by atoms with Crippen LogP contribution in [0.2, 0.25) is 0 Å². The van der Waals surface area contributed by atoms with Crippen molar-refractivity contribution in [2.75, 3.05) is 6.54 Å². The molecule has 1 rings (SSSR count). The fourth-order valence-corrected chi connectivity index (χ4v) is 1.35. The second-order valence-electron chi connectivity index (χ2n) is 4.80. The number of hydrogen-bond donors (Lipinski definition) is 2. The van der Waals surface area contributed by atoms with Crippen LogP contribution < -0.4 is 11.1 Å². The van der Waals surface area contributed by atoms with Crippen molar-refractivity contribution in [3.05, 3.63) is 23.5 Å². The van der Waals surface area contributed by atoms with Gasteiger partial charge in [0.25, 0.3) is 0 Å². The number of aryl methyl sites for hydroxylation is 1. The first-order valence-electron chi connectivity index (χ1n) is 5.48. The third-order valence-electron chi connectivity index (χ3n) is 3.03. The van der Waals surface area contributed by atoms with Crippen molar-refractivity contribution in [1.82, 2.24) is 9.88 Å². The zero-order valence-electron chi connectivity index (χ0n) is 10.5. The van der Waals surface area contributed by atoms with E-state index in [4.69, 9.17) is 5.73 Å². The number of carbonyl (C=O) groups is 1. The number of nitrogens with zero attached hydrogens (tertiary/aromatic N) is 1. The summed E-state index contributed by atoms with van der Waals surface area (Å²) in [5.41, 5.74) is 7.32. The normalized spacial score (nSPS) is 11.6. The van der Waals surface area contributed by atoms with Gasteiger partial charge in [0.15, 0.2) is 0 Å². The lowest BCUT2D eigenvalue weighted by molar-refractivity contribution is -0.129. The predicted molar refractivity (Wildman–Crippen MR) is 64.8 cm³/mol. The van der Waals surface area contributed by atoms with E-state index in [1.165, 1.54) is 5.69 Å². The fraction of sp³-hybridized carbons (Fsp3) is 0.583. The van der Waals surface area contributed by atoms with Crippen LogP contribution in [0.15, 0.2) is 12.1 Å². The lowest BCUT2D eigenvalue weighted by Crippen LogP contribution is -2.41. The smallest absolute Gasteiger partial charge is 0.227 e. The van der Waals surface area contributed by atoms with Gasteiger partial charge in [0, 0.05) is 25.0 Å². The molecule has 0 unspecified atom stereocenters. The Balaban J connectivity index is 2.59. The van der Waals surface area contributed by atoms with Crippen molar-refractivity contribution in [1.29, 1.82) is 0 Å². The molecule has 0 saturated carbocycles. The highest BCUT2D eigenvalue weighted by Crippen LogP contribution is 2.13. The molecule has 16 heavy (non-hydrogen) atoms. The van der Waals surface area contributed by atoms with E-state index in [-0.39, 0.29) is 5.91 Å². The van der Waals surface area contributed by atoms with Gasteiger partial charge in [-0.3, -0.25) is 4.79 Å². The summed E-state index contributed by atoms with van der Waals surface area (Å²) in [6, 6.07) is 4.06. The Hall–Kier alpha value is -1.29. The molecule has 90 valence electrons. The van der Waals surface area contributed by atoms with Crippen LogP contribution >= 0.6 is 0 Å². The molecular weight excluding hydrogens is 202 g/mol. The maximum atomic E-state index is 11.8. The summed E-state index contributed by atoms with van der Waals surface area (Å²) in [6.07, 6.45) is 0. The summed E-state index contributed by atoms with van der Waals surface area (Å²) in [7, 11) is 1.99. The minimum atomic E-state index is -0.500. The third-order valence-corrected chi connectivity index (χ3v) is 3.03. The summed E-state index contributed by atoms with van der Waals surface area (Å²) in [6.45, 7) is 6.63. The molecule has 3 N–H and O–H groups in total. The Morgan fingerprint density at radius 3 is 2.56 bits per heavy atom. The Labute approximate surface area is 96.8 Å². The van der Waals surface area contributed by atoms with E-state index in [1.807, 2.05) is 40.0 Å². The Bertz CT molecular complexity index is 380. The summed E-state index contributed by atoms with van der Waals surface area (Å²) >= 11 is 0. The minimum absolute atomic E-state index is 0.00569. The van der Waals surface area contributed by atoms with Crippen LogP contribution in [-0.4, -0.2) is 17.0 Å². The van der Waals surface area contributed by atoms with Crippen LogP contribution in [0.25, 0.3) is 0 Å². The van der Waals surface area contributed by atoms with Crippen molar-refractivity contribution < 1.29 is 4.79 Å². The van der Waals surface area contributed by atoms with Gasteiger partial charge in [0.2, 0.25) is 5.91 Å². The molecule has 1 amide bonds. The third kappa shape index (κ3) is 2.64. The average molecular weight is 223 g/mol. The lowest BCUT2D eigenvalue weighted by Gasteiger charge is -2.21. The van der Waals surface area contributed by atoms with E-state index >= 15 is 0 Å². The standard InChI is InChI=1S/C12H21N3O/c1-9-5-6-10(15(9)4)7-14-11(16)12(2,3)8-13/h5-6H,7-8,13H2,1-4H3,(H,14,16). The van der Waals surface area contributed by atoms with E-state index in [1.54, 1.807) is 0 Å². The van der Waals surface area contributed by atoms with Crippen LogP contribution in [-0.2, 0) is 18.4 Å². The van der Waals surface area contributed by atoms with Gasteiger partial charge >= 0.3 is 0 Å². The van der Waals surface area contributed by atoms with Gasteiger partial charge in [-0.1, -0.05) is 0 Å². The molecule has 0 spiro atoms. The molecule has 0 radical (unpaired) electrons. The second-order valence-corrected chi connectivity index (χ2v) is 4.80. The van der Waals surface area contributed by atoms with Crippen LogP contribution in [0.1, 0.15) is 25.2 Å². The number of hydrogen-bond acceptors (Lipinski definition) is 2.